The summed E-state index contributed by atoms with van der Waals surface area (Å²) in [5.74, 6) is 0.199. The van der Waals surface area contributed by atoms with E-state index in [-0.39, 0.29) is 0 Å². The van der Waals surface area contributed by atoms with Crippen LogP contribution in [0.1, 0.15) is 10.4 Å². The van der Waals surface area contributed by atoms with Crippen molar-refractivity contribution < 1.29 is 14.3 Å². The Labute approximate surface area is 105 Å². The van der Waals surface area contributed by atoms with Crippen LogP contribution in [-0.2, 0) is 4.74 Å². The Balaban J connectivity index is 2.56. The molecule has 0 aliphatic rings. The quantitative estimate of drug-likeness (QED) is 0.777. The van der Waals surface area contributed by atoms with Crippen molar-refractivity contribution in [1.29, 1.82) is 0 Å². The highest BCUT2D eigenvalue weighted by Gasteiger charge is 2.15. The highest BCUT2D eigenvalue weighted by molar-refractivity contribution is 5.97. The summed E-state index contributed by atoms with van der Waals surface area (Å²) < 4.78 is 9.89. The number of nitrogens with zero attached hydrogens (tertiary/aromatic N) is 1. The van der Waals surface area contributed by atoms with Crippen LogP contribution in [0, 0.1) is 0 Å². The van der Waals surface area contributed by atoms with Gasteiger partial charge in [0, 0.05) is 11.8 Å². The molecule has 4 nitrogen and oxygen atoms in total. The summed E-state index contributed by atoms with van der Waals surface area (Å²) in [6.45, 7) is 0. The van der Waals surface area contributed by atoms with Crippen molar-refractivity contribution in [3.63, 3.8) is 0 Å². The number of methoxy groups -OCH3 is 2. The van der Waals surface area contributed by atoms with E-state index in [1.807, 2.05) is 18.2 Å². The van der Waals surface area contributed by atoms with Gasteiger partial charge in [0.15, 0.2) is 0 Å². The summed E-state index contributed by atoms with van der Waals surface area (Å²) in [6.07, 6.45) is 1.68. The Hall–Kier alpha value is -2.36. The van der Waals surface area contributed by atoms with E-state index in [9.17, 15) is 4.79 Å². The largest absolute Gasteiger partial charge is 0.497 e. The molecule has 0 atom stereocenters. The van der Waals surface area contributed by atoms with Crippen LogP contribution < -0.4 is 4.74 Å². The van der Waals surface area contributed by atoms with Crippen LogP contribution in [0.5, 0.6) is 5.75 Å². The summed E-state index contributed by atoms with van der Waals surface area (Å²) in [4.78, 5) is 16.0. The predicted octanol–water partition coefficient (Wildman–Crippen LogP) is 2.54. The first kappa shape index (κ1) is 12.1. The highest BCUT2D eigenvalue weighted by Crippen LogP contribution is 2.26. The van der Waals surface area contributed by atoms with Gasteiger partial charge in [-0.25, -0.2) is 4.79 Å². The fourth-order valence-corrected chi connectivity index (χ4v) is 1.67. The molecule has 0 aliphatic carbocycles. The Morgan fingerprint density at radius 2 is 2.00 bits per heavy atom. The number of rotatable bonds is 3. The van der Waals surface area contributed by atoms with Gasteiger partial charge in [0.05, 0.1) is 25.5 Å². The van der Waals surface area contributed by atoms with E-state index >= 15 is 0 Å². The van der Waals surface area contributed by atoms with E-state index in [1.54, 1.807) is 31.5 Å². The SMILES string of the molecule is COC(=O)c1cc(OC)ccc1-c1ccccn1. The van der Waals surface area contributed by atoms with E-state index in [0.29, 0.717) is 11.3 Å². The first-order valence-corrected chi connectivity index (χ1v) is 5.44. The van der Waals surface area contributed by atoms with Gasteiger partial charge in [0.2, 0.25) is 0 Å². The topological polar surface area (TPSA) is 48.4 Å². The Bertz CT molecular complexity index is 552. The maximum absolute atomic E-state index is 11.8. The van der Waals surface area contributed by atoms with Crippen LogP contribution >= 0.6 is 0 Å². The van der Waals surface area contributed by atoms with Crippen molar-refractivity contribution >= 4 is 5.97 Å². The molecule has 0 saturated carbocycles. The molecule has 0 unspecified atom stereocenters. The molecule has 2 rings (SSSR count). The number of benzene rings is 1. The second-order valence-electron chi connectivity index (χ2n) is 3.62. The maximum atomic E-state index is 11.8. The number of carbonyl (C=O) groups excluding carboxylic acids is 1. The number of hydrogen-bond acceptors (Lipinski definition) is 4. The van der Waals surface area contributed by atoms with Crippen LogP contribution in [0.3, 0.4) is 0 Å². The molecule has 0 N–H and O–H groups in total. The molecule has 92 valence electrons. The summed E-state index contributed by atoms with van der Waals surface area (Å²) in [5.41, 5.74) is 1.89. The van der Waals surface area contributed by atoms with Crippen LogP contribution in [0.4, 0.5) is 0 Å². The molecule has 1 heterocycles. The molecule has 0 aliphatic heterocycles. The summed E-state index contributed by atoms with van der Waals surface area (Å²) in [7, 11) is 2.90. The lowest BCUT2D eigenvalue weighted by Gasteiger charge is -2.09. The molecule has 0 radical (unpaired) electrons. The van der Waals surface area contributed by atoms with Crippen molar-refractivity contribution in [2.75, 3.05) is 14.2 Å². The molecular formula is C14H13NO3. The van der Waals surface area contributed by atoms with Crippen molar-refractivity contribution in [3.8, 4) is 17.0 Å². The second kappa shape index (κ2) is 5.31. The molecule has 4 heteroatoms. The van der Waals surface area contributed by atoms with Crippen LogP contribution in [0.25, 0.3) is 11.3 Å². The van der Waals surface area contributed by atoms with Gasteiger partial charge in [-0.3, -0.25) is 4.98 Å². The standard InChI is InChI=1S/C14H13NO3/c1-17-10-6-7-11(12(9-10)14(16)18-2)13-5-3-4-8-15-13/h3-9H,1-2H3. The lowest BCUT2D eigenvalue weighted by molar-refractivity contribution is 0.0601. The van der Waals surface area contributed by atoms with E-state index in [1.165, 1.54) is 7.11 Å². The molecule has 0 bridgehead atoms. The Morgan fingerprint density at radius 3 is 2.61 bits per heavy atom. The number of carbonyl (C=O) groups is 1. The third-order valence-electron chi connectivity index (χ3n) is 2.57. The predicted molar refractivity (Wildman–Crippen MR) is 67.6 cm³/mol. The van der Waals surface area contributed by atoms with Gasteiger partial charge in [-0.2, -0.15) is 0 Å². The average Bonchev–Trinajstić information content (AvgIpc) is 2.46. The van der Waals surface area contributed by atoms with Crippen LogP contribution in [0.15, 0.2) is 42.6 Å². The van der Waals surface area contributed by atoms with Gasteiger partial charge in [-0.1, -0.05) is 6.07 Å². The minimum Gasteiger partial charge on any atom is -0.497 e. The van der Waals surface area contributed by atoms with Crippen molar-refractivity contribution in [2.45, 2.75) is 0 Å². The van der Waals surface area contributed by atoms with Gasteiger partial charge in [-0.15, -0.1) is 0 Å². The molecule has 1 aromatic heterocycles. The fraction of sp³-hybridized carbons (Fsp3) is 0.143. The summed E-state index contributed by atoms with van der Waals surface area (Å²) in [5, 5.41) is 0. The summed E-state index contributed by atoms with van der Waals surface area (Å²) >= 11 is 0. The molecule has 1 aromatic carbocycles. The Kier molecular flexibility index (Phi) is 3.57. The second-order valence-corrected chi connectivity index (χ2v) is 3.62. The number of hydrogen-bond donors (Lipinski definition) is 0. The van der Waals surface area contributed by atoms with Crippen molar-refractivity contribution in [3.05, 3.63) is 48.2 Å². The zero-order valence-corrected chi connectivity index (χ0v) is 10.2. The summed E-state index contributed by atoms with van der Waals surface area (Å²) in [6, 6.07) is 10.8. The van der Waals surface area contributed by atoms with Crippen LogP contribution in [-0.4, -0.2) is 25.2 Å². The van der Waals surface area contributed by atoms with Gasteiger partial charge >= 0.3 is 5.97 Å². The molecule has 18 heavy (non-hydrogen) atoms. The zero-order valence-electron chi connectivity index (χ0n) is 10.2. The van der Waals surface area contributed by atoms with E-state index in [0.717, 1.165) is 11.3 Å². The van der Waals surface area contributed by atoms with Crippen LogP contribution in [0.2, 0.25) is 0 Å². The molecule has 0 amide bonds. The molecular weight excluding hydrogens is 230 g/mol. The number of pyridine rings is 1. The van der Waals surface area contributed by atoms with E-state index in [2.05, 4.69) is 4.98 Å². The number of ether oxygens (including phenoxy) is 2. The van der Waals surface area contributed by atoms with Gasteiger partial charge in [0.25, 0.3) is 0 Å². The minimum absolute atomic E-state index is 0.408. The monoisotopic (exact) mass is 243 g/mol. The lowest BCUT2D eigenvalue weighted by Crippen LogP contribution is -2.04. The maximum Gasteiger partial charge on any atom is 0.338 e. The first-order valence-electron chi connectivity index (χ1n) is 5.44. The molecule has 2 aromatic rings. The molecule has 0 spiro atoms. The average molecular weight is 243 g/mol. The fourth-order valence-electron chi connectivity index (χ4n) is 1.67. The smallest absolute Gasteiger partial charge is 0.338 e. The minimum atomic E-state index is -0.408. The highest BCUT2D eigenvalue weighted by atomic mass is 16.5. The van der Waals surface area contributed by atoms with Crippen molar-refractivity contribution in [1.82, 2.24) is 4.98 Å². The lowest BCUT2D eigenvalue weighted by atomic mass is 10.0. The zero-order chi connectivity index (χ0) is 13.0. The van der Waals surface area contributed by atoms with Crippen molar-refractivity contribution in [2.24, 2.45) is 0 Å². The van der Waals surface area contributed by atoms with E-state index < -0.39 is 5.97 Å². The normalized spacial score (nSPS) is 9.89. The van der Waals surface area contributed by atoms with Gasteiger partial charge < -0.3 is 9.47 Å². The van der Waals surface area contributed by atoms with Gasteiger partial charge in [-0.05, 0) is 30.3 Å². The number of aromatic nitrogens is 1. The first-order chi connectivity index (χ1) is 8.76. The van der Waals surface area contributed by atoms with E-state index in [4.69, 9.17) is 9.47 Å². The molecule has 0 fully saturated rings. The Morgan fingerprint density at radius 1 is 1.17 bits per heavy atom. The third kappa shape index (κ3) is 2.32. The molecule has 0 saturated heterocycles. The third-order valence-corrected chi connectivity index (χ3v) is 2.57. The number of esters is 1. The van der Waals surface area contributed by atoms with Gasteiger partial charge in [0.1, 0.15) is 5.75 Å².